The minimum atomic E-state index is -3.28. The molecule has 3 heterocycles. The van der Waals surface area contributed by atoms with E-state index in [-0.39, 0.29) is 24.1 Å². The summed E-state index contributed by atoms with van der Waals surface area (Å²) in [5.74, 6) is 0.157. The lowest BCUT2D eigenvalue weighted by atomic mass is 10.1. The monoisotopic (exact) mass is 489 g/mol. The Morgan fingerprint density at radius 2 is 1.88 bits per heavy atom. The highest BCUT2D eigenvalue weighted by molar-refractivity contribution is 7.90. The van der Waals surface area contributed by atoms with E-state index in [0.717, 1.165) is 16.8 Å². The molecule has 2 aliphatic heterocycles. The first kappa shape index (κ1) is 23.8. The fraction of sp³-hybridized carbons (Fsp3) is 0.435. The number of ketones is 1. The Bertz CT molecular complexity index is 1250. The van der Waals surface area contributed by atoms with Gasteiger partial charge in [-0.25, -0.2) is 13.2 Å². The van der Waals surface area contributed by atoms with Gasteiger partial charge in [0.25, 0.3) is 5.91 Å². The number of aryl methyl sites for hydroxylation is 1. The minimum Gasteiger partial charge on any atom is -0.486 e. The number of imide groups is 1. The Hall–Kier alpha value is -3.34. The van der Waals surface area contributed by atoms with Gasteiger partial charge in [0.05, 0.1) is 18.8 Å². The van der Waals surface area contributed by atoms with Crippen molar-refractivity contribution in [3.8, 4) is 11.5 Å². The highest BCUT2D eigenvalue weighted by Crippen LogP contribution is 2.31. The number of benzene rings is 1. The summed E-state index contributed by atoms with van der Waals surface area (Å²) in [6, 6.07) is 7.51. The maximum Gasteiger partial charge on any atom is 0.325 e. The average molecular weight is 490 g/mol. The van der Waals surface area contributed by atoms with E-state index in [9.17, 15) is 22.8 Å². The van der Waals surface area contributed by atoms with Crippen molar-refractivity contribution in [3.05, 3.63) is 47.3 Å². The SMILES string of the molecule is Cc1cc(C(=O)CN2C(=O)N[C@@H](CCS(C)(=O)=O)C2=O)c(C)n1C[C@@H]1COc2ccccc2O1. The third kappa shape index (κ3) is 4.93. The molecule has 2 aliphatic rings. The molecule has 1 N–H and O–H groups in total. The normalized spacial score (nSPS) is 19.9. The zero-order chi connectivity index (χ0) is 24.6. The van der Waals surface area contributed by atoms with Crippen molar-refractivity contribution in [1.82, 2.24) is 14.8 Å². The number of aromatic nitrogens is 1. The van der Waals surface area contributed by atoms with Crippen LogP contribution in [0.4, 0.5) is 4.79 Å². The molecule has 3 amide bonds. The van der Waals surface area contributed by atoms with Crippen molar-refractivity contribution in [3.63, 3.8) is 0 Å². The quantitative estimate of drug-likeness (QED) is 0.440. The van der Waals surface area contributed by atoms with Crippen LogP contribution in [0.5, 0.6) is 11.5 Å². The van der Waals surface area contributed by atoms with Gasteiger partial charge >= 0.3 is 6.03 Å². The van der Waals surface area contributed by atoms with Crippen LogP contribution in [-0.2, 0) is 21.2 Å². The maximum absolute atomic E-state index is 13.0. The molecule has 11 heteroatoms. The zero-order valence-corrected chi connectivity index (χ0v) is 20.1. The number of carbonyl (C=O) groups is 3. The number of Topliss-reactive ketones (excluding diaryl/α,β-unsaturated/α-hetero) is 1. The van der Waals surface area contributed by atoms with Crippen LogP contribution in [0.3, 0.4) is 0 Å². The van der Waals surface area contributed by atoms with Crippen LogP contribution in [0.2, 0.25) is 0 Å². The molecule has 182 valence electrons. The predicted molar refractivity (Wildman–Crippen MR) is 123 cm³/mol. The molecule has 0 bridgehead atoms. The van der Waals surface area contributed by atoms with E-state index >= 15 is 0 Å². The summed E-state index contributed by atoms with van der Waals surface area (Å²) >= 11 is 0. The number of hydrogen-bond acceptors (Lipinski definition) is 7. The van der Waals surface area contributed by atoms with Crippen molar-refractivity contribution < 1.29 is 32.3 Å². The van der Waals surface area contributed by atoms with Gasteiger partial charge in [-0.3, -0.25) is 14.5 Å². The third-order valence-corrected chi connectivity index (χ3v) is 6.99. The molecule has 34 heavy (non-hydrogen) atoms. The van der Waals surface area contributed by atoms with Gasteiger partial charge in [0.2, 0.25) is 0 Å². The Labute approximate surface area is 197 Å². The Morgan fingerprint density at radius 3 is 2.59 bits per heavy atom. The first-order valence-corrected chi connectivity index (χ1v) is 13.0. The first-order valence-electron chi connectivity index (χ1n) is 10.9. The lowest BCUT2D eigenvalue weighted by Crippen LogP contribution is -2.36. The second-order valence-corrected chi connectivity index (χ2v) is 10.9. The van der Waals surface area contributed by atoms with Crippen LogP contribution in [0.25, 0.3) is 0 Å². The molecule has 1 saturated heterocycles. The Morgan fingerprint density at radius 1 is 1.18 bits per heavy atom. The van der Waals surface area contributed by atoms with Crippen LogP contribution >= 0.6 is 0 Å². The number of fused-ring (bicyclic) bond motifs is 1. The summed E-state index contributed by atoms with van der Waals surface area (Å²) < 4.78 is 36.5. The highest BCUT2D eigenvalue weighted by atomic mass is 32.2. The largest absolute Gasteiger partial charge is 0.486 e. The third-order valence-electron chi connectivity index (χ3n) is 6.01. The van der Waals surface area contributed by atoms with Gasteiger partial charge in [-0.2, -0.15) is 0 Å². The first-order chi connectivity index (χ1) is 16.0. The number of hydrogen-bond donors (Lipinski definition) is 1. The van der Waals surface area contributed by atoms with Crippen LogP contribution in [0.15, 0.2) is 30.3 Å². The number of nitrogens with one attached hydrogen (secondary N) is 1. The van der Waals surface area contributed by atoms with Crippen LogP contribution in [0.1, 0.15) is 28.2 Å². The fourth-order valence-electron chi connectivity index (χ4n) is 4.20. The van der Waals surface area contributed by atoms with Gasteiger partial charge < -0.3 is 19.4 Å². The van der Waals surface area contributed by atoms with Crippen LogP contribution in [-0.4, -0.2) is 72.9 Å². The molecule has 2 atom stereocenters. The highest BCUT2D eigenvalue weighted by Gasteiger charge is 2.39. The van der Waals surface area contributed by atoms with E-state index in [2.05, 4.69) is 5.32 Å². The smallest absolute Gasteiger partial charge is 0.325 e. The minimum absolute atomic E-state index is 0.0325. The number of urea groups is 1. The molecular weight excluding hydrogens is 462 g/mol. The van der Waals surface area contributed by atoms with Crippen molar-refractivity contribution in [1.29, 1.82) is 0 Å². The summed E-state index contributed by atoms with van der Waals surface area (Å²) in [5.41, 5.74) is 1.95. The maximum atomic E-state index is 13.0. The average Bonchev–Trinajstić information content (AvgIpc) is 3.21. The second-order valence-electron chi connectivity index (χ2n) is 8.66. The number of carbonyl (C=O) groups excluding carboxylic acids is 3. The number of amides is 3. The Kier molecular flexibility index (Phi) is 6.39. The number of rotatable bonds is 8. The van der Waals surface area contributed by atoms with E-state index in [0.29, 0.717) is 35.9 Å². The van der Waals surface area contributed by atoms with Crippen molar-refractivity contribution in [2.75, 3.05) is 25.2 Å². The van der Waals surface area contributed by atoms with E-state index in [4.69, 9.17) is 9.47 Å². The van der Waals surface area contributed by atoms with Gasteiger partial charge in [0.1, 0.15) is 22.5 Å². The van der Waals surface area contributed by atoms with Gasteiger partial charge in [0.15, 0.2) is 23.4 Å². The molecule has 10 nitrogen and oxygen atoms in total. The summed E-state index contributed by atoms with van der Waals surface area (Å²) in [6.45, 7) is 4.10. The van der Waals surface area contributed by atoms with Crippen LogP contribution < -0.4 is 14.8 Å². The summed E-state index contributed by atoms with van der Waals surface area (Å²) in [6.07, 6.45) is 0.785. The fourth-order valence-corrected chi connectivity index (χ4v) is 4.87. The van der Waals surface area contributed by atoms with Gasteiger partial charge in [0, 0.05) is 23.2 Å². The van der Waals surface area contributed by atoms with E-state index in [1.807, 2.05) is 35.8 Å². The van der Waals surface area contributed by atoms with Gasteiger partial charge in [-0.15, -0.1) is 0 Å². The molecule has 0 aliphatic carbocycles. The molecule has 1 aromatic heterocycles. The number of nitrogens with zero attached hydrogens (tertiary/aromatic N) is 2. The summed E-state index contributed by atoms with van der Waals surface area (Å²) in [4.78, 5) is 38.7. The van der Waals surface area contributed by atoms with Crippen molar-refractivity contribution >= 4 is 27.6 Å². The molecule has 1 fully saturated rings. The lowest BCUT2D eigenvalue weighted by Gasteiger charge is -2.27. The number of para-hydroxylation sites is 2. The molecule has 0 saturated carbocycles. The molecule has 4 rings (SSSR count). The predicted octanol–water partition coefficient (Wildman–Crippen LogP) is 1.48. The van der Waals surface area contributed by atoms with Crippen LogP contribution in [0, 0.1) is 13.8 Å². The number of ether oxygens (including phenoxy) is 2. The zero-order valence-electron chi connectivity index (χ0n) is 19.2. The van der Waals surface area contributed by atoms with E-state index < -0.39 is 34.4 Å². The van der Waals surface area contributed by atoms with Crippen molar-refractivity contribution in [2.45, 2.75) is 39.0 Å². The summed E-state index contributed by atoms with van der Waals surface area (Å²) in [5, 5.41) is 2.46. The van der Waals surface area contributed by atoms with Gasteiger partial charge in [-0.1, -0.05) is 12.1 Å². The number of sulfone groups is 1. The molecular formula is C23H27N3O7S. The van der Waals surface area contributed by atoms with E-state index in [1.165, 1.54) is 0 Å². The second kappa shape index (κ2) is 9.13. The topological polar surface area (TPSA) is 124 Å². The molecule has 0 unspecified atom stereocenters. The standard InChI is InChI=1S/C23H27N3O7S/c1-14-10-17(15(2)25(14)11-16-13-32-20-6-4-5-7-21(20)33-16)19(27)12-26-22(28)18(24-23(26)29)8-9-34(3,30)31/h4-7,10,16,18H,8-9,11-13H2,1-3H3,(H,24,29)/t16-,18+/m1/s1. The van der Waals surface area contributed by atoms with Gasteiger partial charge in [-0.05, 0) is 38.5 Å². The summed E-state index contributed by atoms with van der Waals surface area (Å²) in [7, 11) is -3.28. The molecule has 2 aromatic rings. The molecule has 0 radical (unpaired) electrons. The lowest BCUT2D eigenvalue weighted by molar-refractivity contribution is -0.127. The molecule has 0 spiro atoms. The van der Waals surface area contributed by atoms with Crippen molar-refractivity contribution in [2.24, 2.45) is 0 Å². The Balaban J connectivity index is 1.43. The molecule has 1 aromatic carbocycles. The van der Waals surface area contributed by atoms with E-state index in [1.54, 1.807) is 13.0 Å².